The highest BCUT2D eigenvalue weighted by Crippen LogP contribution is 2.60. The number of carbonyl (C=O) groups is 1. The number of hydrogen-bond acceptors (Lipinski definition) is 3. The molecule has 0 heterocycles. The molecule has 1 rings (SSSR count). The zero-order chi connectivity index (χ0) is 10.5. The van der Waals surface area contributed by atoms with Crippen LogP contribution >= 0.6 is 0 Å². The highest BCUT2D eigenvalue weighted by Gasteiger charge is 2.74. The monoisotopic (exact) mass is 186 g/mol. The van der Waals surface area contributed by atoms with Crippen LogP contribution in [0.5, 0.6) is 0 Å². The van der Waals surface area contributed by atoms with Crippen molar-refractivity contribution in [3.63, 3.8) is 0 Å². The van der Waals surface area contributed by atoms with Gasteiger partial charge in [0.25, 0.3) is 0 Å². The van der Waals surface area contributed by atoms with Crippen LogP contribution in [0.4, 0.5) is 0 Å². The molecule has 0 bridgehead atoms. The molecule has 0 saturated heterocycles. The standard InChI is InChI=1S/C10H18O3/c1-8(2)7(11)9(3,4)10(8,12-5)13-6/h1-6H3. The van der Waals surface area contributed by atoms with Gasteiger partial charge in [0, 0.05) is 14.2 Å². The second-order valence-electron chi connectivity index (χ2n) is 4.60. The predicted molar refractivity (Wildman–Crippen MR) is 49.3 cm³/mol. The lowest BCUT2D eigenvalue weighted by molar-refractivity contribution is -0.346. The van der Waals surface area contributed by atoms with Gasteiger partial charge in [-0.15, -0.1) is 0 Å². The largest absolute Gasteiger partial charge is 0.351 e. The van der Waals surface area contributed by atoms with E-state index in [0.717, 1.165) is 0 Å². The van der Waals surface area contributed by atoms with Gasteiger partial charge in [-0.1, -0.05) is 0 Å². The fraction of sp³-hybridized carbons (Fsp3) is 0.900. The fourth-order valence-electron chi connectivity index (χ4n) is 2.90. The third kappa shape index (κ3) is 0.842. The van der Waals surface area contributed by atoms with E-state index in [9.17, 15) is 4.79 Å². The number of carbonyl (C=O) groups excluding carboxylic acids is 1. The van der Waals surface area contributed by atoms with Crippen LogP contribution in [0, 0.1) is 10.8 Å². The van der Waals surface area contributed by atoms with Crippen LogP contribution in [-0.4, -0.2) is 25.8 Å². The Labute approximate surface area is 79.4 Å². The third-order valence-electron chi connectivity index (χ3n) is 3.36. The Hall–Kier alpha value is -0.410. The summed E-state index contributed by atoms with van der Waals surface area (Å²) in [6.45, 7) is 7.42. The Morgan fingerprint density at radius 1 is 0.923 bits per heavy atom. The smallest absolute Gasteiger partial charge is 0.191 e. The quantitative estimate of drug-likeness (QED) is 0.615. The molecule has 0 N–H and O–H groups in total. The van der Waals surface area contributed by atoms with Crippen molar-refractivity contribution < 1.29 is 14.3 Å². The molecular weight excluding hydrogens is 168 g/mol. The Balaban J connectivity index is 3.15. The van der Waals surface area contributed by atoms with Gasteiger partial charge in [-0.3, -0.25) is 4.79 Å². The summed E-state index contributed by atoms with van der Waals surface area (Å²) in [5.41, 5.74) is -1.11. The first-order valence-electron chi connectivity index (χ1n) is 4.43. The van der Waals surface area contributed by atoms with E-state index in [4.69, 9.17) is 9.47 Å². The first-order valence-corrected chi connectivity index (χ1v) is 4.43. The van der Waals surface area contributed by atoms with Gasteiger partial charge in [0.05, 0.1) is 10.8 Å². The minimum absolute atomic E-state index is 0.184. The number of ketones is 1. The molecule has 0 aromatic rings. The van der Waals surface area contributed by atoms with E-state index in [1.54, 1.807) is 14.2 Å². The number of rotatable bonds is 2. The minimum atomic E-state index is -0.781. The van der Waals surface area contributed by atoms with E-state index < -0.39 is 16.6 Å². The molecule has 0 spiro atoms. The lowest BCUT2D eigenvalue weighted by atomic mass is 9.49. The van der Waals surface area contributed by atoms with Gasteiger partial charge < -0.3 is 9.47 Å². The van der Waals surface area contributed by atoms with Gasteiger partial charge >= 0.3 is 0 Å². The van der Waals surface area contributed by atoms with E-state index in [-0.39, 0.29) is 5.78 Å². The molecule has 0 atom stereocenters. The fourth-order valence-corrected chi connectivity index (χ4v) is 2.90. The van der Waals surface area contributed by atoms with Crippen LogP contribution in [0.15, 0.2) is 0 Å². The van der Waals surface area contributed by atoms with Gasteiger partial charge in [-0.25, -0.2) is 0 Å². The van der Waals surface area contributed by atoms with E-state index in [2.05, 4.69) is 0 Å². The molecule has 3 nitrogen and oxygen atoms in total. The van der Waals surface area contributed by atoms with Crippen molar-refractivity contribution in [2.24, 2.45) is 10.8 Å². The molecule has 1 aliphatic carbocycles. The average molecular weight is 186 g/mol. The minimum Gasteiger partial charge on any atom is -0.351 e. The summed E-state index contributed by atoms with van der Waals surface area (Å²) in [4.78, 5) is 11.8. The summed E-state index contributed by atoms with van der Waals surface area (Å²) in [5, 5.41) is 0. The lowest BCUT2D eigenvalue weighted by Crippen LogP contribution is -2.75. The zero-order valence-electron chi connectivity index (χ0n) is 9.22. The molecule has 1 fully saturated rings. The Morgan fingerprint density at radius 2 is 1.23 bits per heavy atom. The molecule has 0 amide bonds. The van der Waals surface area contributed by atoms with Crippen LogP contribution in [0.1, 0.15) is 27.7 Å². The number of Topliss-reactive ketones (excluding diaryl/α,β-unsaturated/α-hetero) is 1. The van der Waals surface area contributed by atoms with Crippen molar-refractivity contribution in [2.75, 3.05) is 14.2 Å². The number of hydrogen-bond donors (Lipinski definition) is 0. The van der Waals surface area contributed by atoms with Crippen LogP contribution in [0.3, 0.4) is 0 Å². The van der Waals surface area contributed by atoms with Gasteiger partial charge in [-0.05, 0) is 27.7 Å². The second kappa shape index (κ2) is 2.55. The molecule has 1 aliphatic rings. The molecule has 76 valence electrons. The van der Waals surface area contributed by atoms with E-state index >= 15 is 0 Å². The van der Waals surface area contributed by atoms with Crippen molar-refractivity contribution in [1.82, 2.24) is 0 Å². The molecule has 3 heteroatoms. The molecule has 0 radical (unpaired) electrons. The predicted octanol–water partition coefficient (Wildman–Crippen LogP) is 1.61. The second-order valence-corrected chi connectivity index (χ2v) is 4.60. The highest BCUT2D eigenvalue weighted by atomic mass is 16.7. The summed E-state index contributed by atoms with van der Waals surface area (Å²) in [6, 6.07) is 0. The average Bonchev–Trinajstić information content (AvgIpc) is 2.05. The SMILES string of the molecule is COC1(OC)C(C)(C)C(=O)C1(C)C. The van der Waals surface area contributed by atoms with E-state index in [0.29, 0.717) is 0 Å². The van der Waals surface area contributed by atoms with E-state index in [1.807, 2.05) is 27.7 Å². The van der Waals surface area contributed by atoms with Gasteiger partial charge in [0.15, 0.2) is 11.6 Å². The first kappa shape index (κ1) is 10.7. The van der Waals surface area contributed by atoms with Crippen LogP contribution in [-0.2, 0) is 14.3 Å². The normalized spacial score (nSPS) is 28.3. The Kier molecular flexibility index (Phi) is 2.09. The van der Waals surface area contributed by atoms with Crippen LogP contribution in [0.25, 0.3) is 0 Å². The molecule has 0 aromatic heterocycles. The summed E-state index contributed by atoms with van der Waals surface area (Å²) >= 11 is 0. The molecule has 13 heavy (non-hydrogen) atoms. The van der Waals surface area contributed by atoms with Crippen molar-refractivity contribution in [3.05, 3.63) is 0 Å². The van der Waals surface area contributed by atoms with Crippen molar-refractivity contribution in [1.29, 1.82) is 0 Å². The Bertz CT molecular complexity index is 217. The zero-order valence-corrected chi connectivity index (χ0v) is 9.22. The van der Waals surface area contributed by atoms with Crippen molar-refractivity contribution in [3.8, 4) is 0 Å². The summed E-state index contributed by atoms with van der Waals surface area (Å²) < 4.78 is 10.8. The van der Waals surface area contributed by atoms with Crippen molar-refractivity contribution in [2.45, 2.75) is 33.5 Å². The third-order valence-corrected chi connectivity index (χ3v) is 3.36. The maximum atomic E-state index is 11.8. The molecule has 1 saturated carbocycles. The molecule has 0 aliphatic heterocycles. The summed E-state index contributed by atoms with van der Waals surface area (Å²) in [7, 11) is 3.17. The number of methoxy groups -OCH3 is 2. The van der Waals surface area contributed by atoms with Crippen LogP contribution in [0.2, 0.25) is 0 Å². The molecule has 0 unspecified atom stereocenters. The maximum Gasteiger partial charge on any atom is 0.191 e. The topological polar surface area (TPSA) is 35.5 Å². The number of ether oxygens (including phenoxy) is 2. The molecule has 0 aromatic carbocycles. The summed E-state index contributed by atoms with van der Waals surface area (Å²) in [5.74, 6) is -0.597. The Morgan fingerprint density at radius 3 is 1.38 bits per heavy atom. The maximum absolute atomic E-state index is 11.8. The lowest BCUT2D eigenvalue weighted by Gasteiger charge is -2.62. The van der Waals surface area contributed by atoms with Crippen molar-refractivity contribution >= 4 is 5.78 Å². The first-order chi connectivity index (χ1) is 5.78. The van der Waals surface area contributed by atoms with Gasteiger partial charge in [0.1, 0.15) is 0 Å². The van der Waals surface area contributed by atoms with Gasteiger partial charge in [0.2, 0.25) is 0 Å². The van der Waals surface area contributed by atoms with Gasteiger partial charge in [-0.2, -0.15) is 0 Å². The summed E-state index contributed by atoms with van der Waals surface area (Å²) in [6.07, 6.45) is 0. The molecular formula is C10H18O3. The van der Waals surface area contributed by atoms with E-state index in [1.165, 1.54) is 0 Å². The highest BCUT2D eigenvalue weighted by molar-refractivity contribution is 5.98. The van der Waals surface area contributed by atoms with Crippen LogP contribution < -0.4 is 0 Å².